The number of rotatable bonds is 54. The normalized spacial score (nSPS) is 28.4. The van der Waals surface area contributed by atoms with E-state index < -0.39 is 124 Å². The molecule has 0 aromatic heterocycles. The van der Waals surface area contributed by atoms with Crippen molar-refractivity contribution in [2.75, 3.05) is 26.4 Å². The number of amides is 1. The molecule has 12 N–H and O–H groups in total. The van der Waals surface area contributed by atoms with E-state index in [1.165, 1.54) is 128 Å². The van der Waals surface area contributed by atoms with Gasteiger partial charge in [-0.05, 0) is 57.8 Å². The number of carbonyl (C=O) groups excluding carboxylic acids is 1. The van der Waals surface area contributed by atoms with Gasteiger partial charge in [0.05, 0.1) is 38.6 Å². The summed E-state index contributed by atoms with van der Waals surface area (Å²) in [6.45, 7) is 1.70. The highest BCUT2D eigenvalue weighted by atomic mass is 16.8. The van der Waals surface area contributed by atoms with Crippen LogP contribution in [-0.4, -0.2) is 193 Å². The van der Waals surface area contributed by atoms with Gasteiger partial charge in [0.15, 0.2) is 18.9 Å². The minimum absolute atomic E-state index is 0.249. The summed E-state index contributed by atoms with van der Waals surface area (Å²) in [6, 6.07) is -0.894. The maximum atomic E-state index is 13.4. The number of hydrogen-bond acceptors (Lipinski definition) is 18. The Kier molecular flexibility index (Phi) is 47.9. The average Bonchev–Trinajstić information content (AvgIpc) is 0.847. The van der Waals surface area contributed by atoms with Gasteiger partial charge >= 0.3 is 0 Å². The van der Waals surface area contributed by atoms with Crippen LogP contribution >= 0.6 is 0 Å². The van der Waals surface area contributed by atoms with Crippen molar-refractivity contribution >= 4 is 5.91 Å². The highest BCUT2D eigenvalue weighted by Gasteiger charge is 2.53. The standard InChI is InChI=1S/C71H127NO18/c1-3-5-7-9-11-13-15-17-19-21-23-25-26-27-28-29-31-33-35-37-39-41-43-45-47-49-59(77)72-54(55(76)48-46-44-42-40-38-36-34-32-30-24-22-20-18-16-14-12-10-8-6-4-2)53-85-69-65(83)62(80)67(57(51-74)87-69)90-71-66(84)63(81)68(58(52-75)88-71)89-70-64(82)61(79)60(78)56(50-73)86-70/h5,7,11,13,17,19,23,25,27-28,54-58,60-71,73-76,78-84H,3-4,6,8-10,12,14-16,18,20-22,24,26,29-53H2,1-2H3,(H,72,77)/b7-5-,13-11-,19-17-,25-23-,28-27-. The molecule has 3 aliphatic rings. The van der Waals surface area contributed by atoms with E-state index in [4.69, 9.17) is 28.4 Å². The molecule has 1 amide bonds. The van der Waals surface area contributed by atoms with Gasteiger partial charge in [-0.15, -0.1) is 0 Å². The van der Waals surface area contributed by atoms with Crippen LogP contribution in [0, 0.1) is 0 Å². The summed E-state index contributed by atoms with van der Waals surface area (Å²) in [4.78, 5) is 13.4. The second kappa shape index (κ2) is 52.7. The summed E-state index contributed by atoms with van der Waals surface area (Å²) >= 11 is 0. The van der Waals surface area contributed by atoms with Crippen molar-refractivity contribution in [2.24, 2.45) is 0 Å². The third-order valence-corrected chi connectivity index (χ3v) is 17.6. The van der Waals surface area contributed by atoms with Crippen molar-refractivity contribution in [3.05, 3.63) is 60.8 Å². The fourth-order valence-electron chi connectivity index (χ4n) is 11.9. The lowest BCUT2D eigenvalue weighted by Gasteiger charge is -2.48. The van der Waals surface area contributed by atoms with E-state index in [1.807, 2.05) is 0 Å². The number of allylic oxidation sites excluding steroid dienone is 10. The van der Waals surface area contributed by atoms with Gasteiger partial charge in [-0.3, -0.25) is 4.79 Å². The maximum absolute atomic E-state index is 13.4. The summed E-state index contributed by atoms with van der Waals surface area (Å²) in [5.74, 6) is -0.249. The van der Waals surface area contributed by atoms with Gasteiger partial charge in [-0.25, -0.2) is 0 Å². The smallest absolute Gasteiger partial charge is 0.220 e. The summed E-state index contributed by atoms with van der Waals surface area (Å²) in [5, 5.41) is 121. The minimum Gasteiger partial charge on any atom is -0.394 e. The van der Waals surface area contributed by atoms with Crippen molar-refractivity contribution in [3.63, 3.8) is 0 Å². The maximum Gasteiger partial charge on any atom is 0.220 e. The molecule has 3 fully saturated rings. The van der Waals surface area contributed by atoms with E-state index in [0.717, 1.165) is 89.9 Å². The zero-order valence-electron chi connectivity index (χ0n) is 55.4. The van der Waals surface area contributed by atoms with Gasteiger partial charge in [0, 0.05) is 6.42 Å². The summed E-state index contributed by atoms with van der Waals surface area (Å²) < 4.78 is 34.4. The second-order valence-corrected chi connectivity index (χ2v) is 25.3. The summed E-state index contributed by atoms with van der Waals surface area (Å²) in [6.07, 6.45) is 37.1. The summed E-state index contributed by atoms with van der Waals surface area (Å²) in [5.41, 5.74) is 0. The highest BCUT2D eigenvalue weighted by molar-refractivity contribution is 5.76. The molecular formula is C71H127NO18. The number of unbranched alkanes of at least 4 members (excludes halogenated alkanes) is 28. The van der Waals surface area contributed by atoms with E-state index in [2.05, 4.69) is 79.9 Å². The molecule has 0 aliphatic carbocycles. The molecule has 3 rings (SSSR count). The van der Waals surface area contributed by atoms with Gasteiger partial charge < -0.3 is 89.9 Å². The first kappa shape index (κ1) is 81.7. The fourth-order valence-corrected chi connectivity index (χ4v) is 11.9. The molecule has 90 heavy (non-hydrogen) atoms. The predicted molar refractivity (Wildman–Crippen MR) is 351 cm³/mol. The lowest BCUT2D eigenvalue weighted by molar-refractivity contribution is -0.379. The number of nitrogens with one attached hydrogen (secondary N) is 1. The third-order valence-electron chi connectivity index (χ3n) is 17.6. The molecule has 0 bridgehead atoms. The number of aliphatic hydroxyl groups excluding tert-OH is 11. The first-order chi connectivity index (χ1) is 43.8. The SMILES string of the molecule is CC/C=C\C/C=C\C/C=C\C/C=C\C/C=C\CCCCCCCCCCCC(=O)NC(COC1OC(CO)C(OC2OC(CO)C(OC3OC(CO)C(O)C(O)C3O)C(O)C2O)C(O)C1O)C(O)CCCCCCCCCCCCCCCCCCCCCC. The van der Waals surface area contributed by atoms with E-state index in [-0.39, 0.29) is 18.9 Å². The number of hydrogen-bond donors (Lipinski definition) is 12. The van der Waals surface area contributed by atoms with Crippen LogP contribution in [0.15, 0.2) is 60.8 Å². The van der Waals surface area contributed by atoms with E-state index in [1.54, 1.807) is 0 Å². The molecule has 19 heteroatoms. The Balaban J connectivity index is 1.43. The topological polar surface area (TPSA) is 307 Å². The van der Waals surface area contributed by atoms with Crippen LogP contribution in [0.2, 0.25) is 0 Å². The van der Waals surface area contributed by atoms with Crippen molar-refractivity contribution in [1.82, 2.24) is 5.32 Å². The molecule has 3 heterocycles. The van der Waals surface area contributed by atoms with Gasteiger partial charge in [0.25, 0.3) is 0 Å². The Morgan fingerprint density at radius 3 is 1.20 bits per heavy atom. The van der Waals surface area contributed by atoms with Crippen LogP contribution in [-0.2, 0) is 33.2 Å². The Morgan fingerprint density at radius 2 is 0.767 bits per heavy atom. The molecule has 3 saturated heterocycles. The molecule has 0 radical (unpaired) electrons. The van der Waals surface area contributed by atoms with Crippen LogP contribution in [0.3, 0.4) is 0 Å². The highest BCUT2D eigenvalue weighted by Crippen LogP contribution is 2.33. The molecule has 3 aliphatic heterocycles. The van der Waals surface area contributed by atoms with Crippen LogP contribution in [0.25, 0.3) is 0 Å². The average molecular weight is 1280 g/mol. The van der Waals surface area contributed by atoms with Crippen LogP contribution in [0.1, 0.15) is 251 Å². The van der Waals surface area contributed by atoms with E-state index in [9.17, 15) is 61.0 Å². The van der Waals surface area contributed by atoms with Crippen molar-refractivity contribution < 1.29 is 89.4 Å². The van der Waals surface area contributed by atoms with E-state index in [0.29, 0.717) is 12.8 Å². The predicted octanol–water partition coefficient (Wildman–Crippen LogP) is 9.55. The van der Waals surface area contributed by atoms with Gasteiger partial charge in [0.1, 0.15) is 73.2 Å². The quantitative estimate of drug-likeness (QED) is 0.0199. The molecule has 17 unspecified atom stereocenters. The number of ether oxygens (including phenoxy) is 6. The summed E-state index contributed by atoms with van der Waals surface area (Å²) in [7, 11) is 0. The fraction of sp³-hybridized carbons (Fsp3) is 0.845. The first-order valence-corrected chi connectivity index (χ1v) is 35.5. The molecule has 0 aromatic carbocycles. The molecule has 19 nitrogen and oxygen atoms in total. The van der Waals surface area contributed by atoms with Crippen molar-refractivity contribution in [3.8, 4) is 0 Å². The van der Waals surface area contributed by atoms with Crippen LogP contribution in [0.5, 0.6) is 0 Å². The van der Waals surface area contributed by atoms with Gasteiger partial charge in [-0.1, -0.05) is 248 Å². The molecular weight excluding hydrogens is 1150 g/mol. The van der Waals surface area contributed by atoms with Gasteiger partial charge in [0.2, 0.25) is 5.91 Å². The Morgan fingerprint density at radius 1 is 0.411 bits per heavy atom. The van der Waals surface area contributed by atoms with Crippen LogP contribution in [0.4, 0.5) is 0 Å². The Hall–Kier alpha value is -2.51. The molecule has 0 saturated carbocycles. The second-order valence-electron chi connectivity index (χ2n) is 25.3. The minimum atomic E-state index is -1.98. The lowest BCUT2D eigenvalue weighted by atomic mass is 9.96. The zero-order chi connectivity index (χ0) is 65.4. The molecule has 0 spiro atoms. The number of carbonyl (C=O) groups is 1. The Bertz CT molecular complexity index is 1870. The third kappa shape index (κ3) is 34.2. The molecule has 0 aromatic rings. The Labute approximate surface area is 541 Å². The monoisotopic (exact) mass is 1280 g/mol. The first-order valence-electron chi connectivity index (χ1n) is 35.5. The van der Waals surface area contributed by atoms with Crippen molar-refractivity contribution in [1.29, 1.82) is 0 Å². The number of aliphatic hydroxyl groups is 11. The lowest BCUT2D eigenvalue weighted by Crippen LogP contribution is -2.66. The zero-order valence-corrected chi connectivity index (χ0v) is 55.4. The van der Waals surface area contributed by atoms with Crippen molar-refractivity contribution in [2.45, 2.75) is 356 Å². The van der Waals surface area contributed by atoms with E-state index >= 15 is 0 Å². The largest absolute Gasteiger partial charge is 0.394 e. The van der Waals surface area contributed by atoms with Gasteiger partial charge in [-0.2, -0.15) is 0 Å². The molecule has 524 valence electrons. The molecule has 17 atom stereocenters. The van der Waals surface area contributed by atoms with Crippen LogP contribution < -0.4 is 5.32 Å².